The summed E-state index contributed by atoms with van der Waals surface area (Å²) in [6, 6.07) is 0.496. The molecular weight excluding hydrogens is 180 g/mol. The molecule has 1 aromatic heterocycles. The molecule has 0 amide bonds. The highest BCUT2D eigenvalue weighted by Gasteiger charge is 2.17. The van der Waals surface area contributed by atoms with Crippen LogP contribution < -0.4 is 5.32 Å². The second kappa shape index (κ2) is 4.11. The third-order valence-electron chi connectivity index (χ3n) is 2.58. The molecule has 14 heavy (non-hydrogen) atoms. The van der Waals surface area contributed by atoms with E-state index in [0.29, 0.717) is 11.7 Å². The lowest BCUT2D eigenvalue weighted by Crippen LogP contribution is -2.23. The van der Waals surface area contributed by atoms with Crippen molar-refractivity contribution in [2.24, 2.45) is 0 Å². The topological polar surface area (TPSA) is 58.3 Å². The van der Waals surface area contributed by atoms with Crippen LogP contribution in [0.2, 0.25) is 0 Å². The Bertz CT molecular complexity index is 290. The Morgan fingerprint density at radius 1 is 1.79 bits per heavy atom. The van der Waals surface area contributed by atoms with E-state index in [2.05, 4.69) is 10.3 Å². The molecule has 1 aliphatic heterocycles. The van der Waals surface area contributed by atoms with Gasteiger partial charge in [-0.05, 0) is 26.3 Å². The molecule has 1 aliphatic rings. The molecule has 0 aromatic carbocycles. The van der Waals surface area contributed by atoms with E-state index in [1.807, 2.05) is 0 Å². The summed E-state index contributed by atoms with van der Waals surface area (Å²) in [5.74, 6) is 0.723. The second-order valence-electron chi connectivity index (χ2n) is 3.84. The highest BCUT2D eigenvalue weighted by molar-refractivity contribution is 5.00. The Morgan fingerprint density at radius 2 is 2.64 bits per heavy atom. The molecular formula is C10H16N2O2. The van der Waals surface area contributed by atoms with Crippen molar-refractivity contribution in [1.29, 1.82) is 0 Å². The SMILES string of the molecule is CC(O)c1coc(CC2CCCN2)n1. The van der Waals surface area contributed by atoms with E-state index < -0.39 is 6.10 Å². The van der Waals surface area contributed by atoms with Gasteiger partial charge in [-0.15, -0.1) is 0 Å². The first-order chi connectivity index (χ1) is 6.75. The maximum Gasteiger partial charge on any atom is 0.195 e. The van der Waals surface area contributed by atoms with Crippen LogP contribution in [0.5, 0.6) is 0 Å². The number of aliphatic hydroxyl groups is 1. The fraction of sp³-hybridized carbons (Fsp3) is 0.700. The van der Waals surface area contributed by atoms with E-state index >= 15 is 0 Å². The quantitative estimate of drug-likeness (QED) is 0.758. The highest BCUT2D eigenvalue weighted by Crippen LogP contribution is 2.15. The van der Waals surface area contributed by atoms with Crippen molar-refractivity contribution in [3.8, 4) is 0 Å². The van der Waals surface area contributed by atoms with Crippen molar-refractivity contribution >= 4 is 0 Å². The Morgan fingerprint density at radius 3 is 3.21 bits per heavy atom. The molecule has 2 N–H and O–H groups in total. The minimum atomic E-state index is -0.538. The maximum absolute atomic E-state index is 9.26. The highest BCUT2D eigenvalue weighted by atomic mass is 16.3. The van der Waals surface area contributed by atoms with Crippen LogP contribution >= 0.6 is 0 Å². The summed E-state index contributed by atoms with van der Waals surface area (Å²) >= 11 is 0. The molecule has 2 atom stereocenters. The number of oxazole rings is 1. The molecule has 0 bridgehead atoms. The molecule has 1 fully saturated rings. The van der Waals surface area contributed by atoms with Gasteiger partial charge in [0.05, 0.1) is 6.10 Å². The van der Waals surface area contributed by atoms with Gasteiger partial charge in [0.25, 0.3) is 0 Å². The van der Waals surface area contributed by atoms with Gasteiger partial charge in [0.2, 0.25) is 0 Å². The third kappa shape index (κ3) is 2.13. The first-order valence-corrected chi connectivity index (χ1v) is 5.11. The number of rotatable bonds is 3. The molecule has 2 unspecified atom stereocenters. The lowest BCUT2D eigenvalue weighted by atomic mass is 10.1. The Kier molecular flexibility index (Phi) is 2.84. The molecule has 1 saturated heterocycles. The van der Waals surface area contributed by atoms with Crippen molar-refractivity contribution < 1.29 is 9.52 Å². The van der Waals surface area contributed by atoms with Crippen molar-refractivity contribution in [3.63, 3.8) is 0 Å². The maximum atomic E-state index is 9.26. The fourth-order valence-corrected chi connectivity index (χ4v) is 1.75. The summed E-state index contributed by atoms with van der Waals surface area (Å²) in [7, 11) is 0. The normalized spacial score (nSPS) is 24.0. The van der Waals surface area contributed by atoms with E-state index in [4.69, 9.17) is 4.42 Å². The lowest BCUT2D eigenvalue weighted by molar-refractivity contribution is 0.194. The van der Waals surface area contributed by atoms with E-state index in [-0.39, 0.29) is 0 Å². The van der Waals surface area contributed by atoms with Gasteiger partial charge in [0.15, 0.2) is 5.89 Å². The molecule has 4 nitrogen and oxygen atoms in total. The summed E-state index contributed by atoms with van der Waals surface area (Å²) in [6.45, 7) is 2.78. The van der Waals surface area contributed by atoms with Gasteiger partial charge in [-0.2, -0.15) is 0 Å². The molecule has 0 radical (unpaired) electrons. The Balaban J connectivity index is 1.95. The van der Waals surface area contributed by atoms with Gasteiger partial charge in [0, 0.05) is 12.5 Å². The van der Waals surface area contributed by atoms with Gasteiger partial charge in [-0.25, -0.2) is 4.98 Å². The standard InChI is InChI=1S/C10H16N2O2/c1-7(13)9-6-14-10(12-9)5-8-3-2-4-11-8/h6-8,11,13H,2-5H2,1H3. The summed E-state index contributed by atoms with van der Waals surface area (Å²) < 4.78 is 5.28. The van der Waals surface area contributed by atoms with Gasteiger partial charge in [-0.3, -0.25) is 0 Å². The predicted octanol–water partition coefficient (Wildman–Crippen LogP) is 1.02. The van der Waals surface area contributed by atoms with Crippen LogP contribution in [0.3, 0.4) is 0 Å². The summed E-state index contributed by atoms with van der Waals surface area (Å²) in [5, 5.41) is 12.6. The summed E-state index contributed by atoms with van der Waals surface area (Å²) in [6.07, 6.45) is 4.24. The number of nitrogens with one attached hydrogen (secondary N) is 1. The second-order valence-corrected chi connectivity index (χ2v) is 3.84. The smallest absolute Gasteiger partial charge is 0.195 e. The first kappa shape index (κ1) is 9.68. The molecule has 0 spiro atoms. The number of aromatic nitrogens is 1. The minimum absolute atomic E-state index is 0.496. The summed E-state index contributed by atoms with van der Waals surface area (Å²) in [4.78, 5) is 4.22. The van der Waals surface area contributed by atoms with Crippen molar-refractivity contribution in [2.45, 2.75) is 38.3 Å². The average Bonchev–Trinajstić information content (AvgIpc) is 2.75. The molecule has 2 rings (SSSR count). The van der Waals surface area contributed by atoms with Gasteiger partial charge >= 0.3 is 0 Å². The zero-order chi connectivity index (χ0) is 9.97. The van der Waals surface area contributed by atoms with Crippen molar-refractivity contribution in [1.82, 2.24) is 10.3 Å². The number of hydrogen-bond donors (Lipinski definition) is 2. The zero-order valence-corrected chi connectivity index (χ0v) is 8.36. The minimum Gasteiger partial charge on any atom is -0.449 e. The van der Waals surface area contributed by atoms with Crippen LogP contribution in [-0.4, -0.2) is 22.7 Å². The molecule has 4 heteroatoms. The van der Waals surface area contributed by atoms with Crippen LogP contribution in [-0.2, 0) is 6.42 Å². The average molecular weight is 196 g/mol. The molecule has 0 saturated carbocycles. The van der Waals surface area contributed by atoms with E-state index in [1.54, 1.807) is 6.92 Å². The third-order valence-corrected chi connectivity index (χ3v) is 2.58. The lowest BCUT2D eigenvalue weighted by Gasteiger charge is -2.05. The first-order valence-electron chi connectivity index (χ1n) is 5.11. The van der Waals surface area contributed by atoms with Crippen LogP contribution in [0.4, 0.5) is 0 Å². The van der Waals surface area contributed by atoms with Gasteiger partial charge < -0.3 is 14.8 Å². The largest absolute Gasteiger partial charge is 0.449 e. The summed E-state index contributed by atoms with van der Waals surface area (Å²) in [5.41, 5.74) is 0.623. The Hall–Kier alpha value is -0.870. The van der Waals surface area contributed by atoms with E-state index in [9.17, 15) is 5.11 Å². The number of hydrogen-bond acceptors (Lipinski definition) is 4. The van der Waals surface area contributed by atoms with Crippen LogP contribution in [0.25, 0.3) is 0 Å². The van der Waals surface area contributed by atoms with Gasteiger partial charge in [-0.1, -0.05) is 0 Å². The predicted molar refractivity (Wildman–Crippen MR) is 51.9 cm³/mol. The van der Waals surface area contributed by atoms with Crippen LogP contribution in [0.1, 0.15) is 37.5 Å². The van der Waals surface area contributed by atoms with Crippen molar-refractivity contribution in [2.75, 3.05) is 6.54 Å². The van der Waals surface area contributed by atoms with Crippen molar-refractivity contribution in [3.05, 3.63) is 17.8 Å². The zero-order valence-electron chi connectivity index (χ0n) is 8.36. The van der Waals surface area contributed by atoms with E-state index in [0.717, 1.165) is 18.9 Å². The molecule has 2 heterocycles. The molecule has 78 valence electrons. The van der Waals surface area contributed by atoms with Crippen LogP contribution in [0, 0.1) is 0 Å². The van der Waals surface area contributed by atoms with Crippen LogP contribution in [0.15, 0.2) is 10.7 Å². The van der Waals surface area contributed by atoms with Gasteiger partial charge in [0.1, 0.15) is 12.0 Å². The number of aliphatic hydroxyl groups excluding tert-OH is 1. The number of nitrogens with zero attached hydrogens (tertiary/aromatic N) is 1. The Labute approximate surface area is 83.3 Å². The van der Waals surface area contributed by atoms with E-state index in [1.165, 1.54) is 19.1 Å². The monoisotopic (exact) mass is 196 g/mol. The fourth-order valence-electron chi connectivity index (χ4n) is 1.75. The molecule has 1 aromatic rings. The molecule has 0 aliphatic carbocycles.